The second-order valence-electron chi connectivity index (χ2n) is 3.89. The molecule has 0 bridgehead atoms. The molecule has 1 heterocycles. The second kappa shape index (κ2) is 3.68. The van der Waals surface area contributed by atoms with Gasteiger partial charge in [0.25, 0.3) is 0 Å². The minimum Gasteiger partial charge on any atom is -0.386 e. The van der Waals surface area contributed by atoms with Crippen LogP contribution in [0.5, 0.6) is 0 Å². The summed E-state index contributed by atoms with van der Waals surface area (Å²) in [6, 6.07) is 8.16. The standard InChI is InChI=1S/C12H16N2O/c1-8-4-3-5-10-9(8)6-11(14(10)2)12(15)7-13/h3-6,12,15H,7,13H2,1-2H3. The van der Waals surface area contributed by atoms with Gasteiger partial charge in [-0.3, -0.25) is 0 Å². The van der Waals surface area contributed by atoms with Gasteiger partial charge in [0.2, 0.25) is 0 Å². The Morgan fingerprint density at radius 2 is 2.20 bits per heavy atom. The van der Waals surface area contributed by atoms with Gasteiger partial charge in [-0.2, -0.15) is 0 Å². The van der Waals surface area contributed by atoms with E-state index in [1.165, 1.54) is 10.9 Å². The number of aliphatic hydroxyl groups is 1. The Labute approximate surface area is 89.1 Å². The van der Waals surface area contributed by atoms with E-state index >= 15 is 0 Å². The molecule has 3 heteroatoms. The van der Waals surface area contributed by atoms with Crippen LogP contribution in [0, 0.1) is 6.92 Å². The fourth-order valence-electron chi connectivity index (χ4n) is 1.97. The largest absolute Gasteiger partial charge is 0.386 e. The average molecular weight is 204 g/mol. The van der Waals surface area contributed by atoms with E-state index in [4.69, 9.17) is 5.73 Å². The summed E-state index contributed by atoms with van der Waals surface area (Å²) in [5.74, 6) is 0. The topological polar surface area (TPSA) is 51.2 Å². The highest BCUT2D eigenvalue weighted by Gasteiger charge is 2.13. The molecular weight excluding hydrogens is 188 g/mol. The zero-order chi connectivity index (χ0) is 11.0. The fourth-order valence-corrected chi connectivity index (χ4v) is 1.97. The molecule has 0 aliphatic heterocycles. The highest BCUT2D eigenvalue weighted by atomic mass is 16.3. The molecule has 80 valence electrons. The summed E-state index contributed by atoms with van der Waals surface area (Å²) in [7, 11) is 1.95. The number of aromatic nitrogens is 1. The van der Waals surface area contributed by atoms with Gasteiger partial charge >= 0.3 is 0 Å². The zero-order valence-corrected chi connectivity index (χ0v) is 9.07. The first-order valence-corrected chi connectivity index (χ1v) is 5.08. The van der Waals surface area contributed by atoms with Crippen LogP contribution in [0.15, 0.2) is 24.3 Å². The Bertz CT molecular complexity index is 488. The molecule has 1 aromatic heterocycles. The van der Waals surface area contributed by atoms with Crippen molar-refractivity contribution in [1.82, 2.24) is 4.57 Å². The van der Waals surface area contributed by atoms with Crippen molar-refractivity contribution in [3.63, 3.8) is 0 Å². The first kappa shape index (κ1) is 10.2. The SMILES string of the molecule is Cc1cccc2c1cc(C(O)CN)n2C. The number of rotatable bonds is 2. The molecule has 0 aliphatic rings. The maximum absolute atomic E-state index is 9.76. The predicted molar refractivity (Wildman–Crippen MR) is 61.7 cm³/mol. The summed E-state index contributed by atoms with van der Waals surface area (Å²) in [5.41, 5.74) is 8.70. The molecule has 0 fully saturated rings. The van der Waals surface area contributed by atoms with Crippen molar-refractivity contribution in [3.05, 3.63) is 35.5 Å². The van der Waals surface area contributed by atoms with E-state index in [1.807, 2.05) is 23.7 Å². The van der Waals surface area contributed by atoms with Crippen LogP contribution in [0.3, 0.4) is 0 Å². The number of aryl methyl sites for hydroxylation is 2. The van der Waals surface area contributed by atoms with E-state index in [1.54, 1.807) is 0 Å². The first-order valence-electron chi connectivity index (χ1n) is 5.08. The first-order chi connectivity index (χ1) is 7.15. The third-order valence-corrected chi connectivity index (χ3v) is 2.91. The highest BCUT2D eigenvalue weighted by Crippen LogP contribution is 2.25. The third-order valence-electron chi connectivity index (χ3n) is 2.91. The molecule has 2 rings (SSSR count). The maximum atomic E-state index is 9.76. The lowest BCUT2D eigenvalue weighted by Crippen LogP contribution is -2.14. The molecule has 1 aromatic carbocycles. The Morgan fingerprint density at radius 3 is 2.80 bits per heavy atom. The number of aliphatic hydroxyl groups excluding tert-OH is 1. The van der Waals surface area contributed by atoms with E-state index in [-0.39, 0.29) is 6.54 Å². The normalized spacial score (nSPS) is 13.3. The van der Waals surface area contributed by atoms with Crippen LogP contribution < -0.4 is 5.73 Å². The van der Waals surface area contributed by atoms with Gasteiger partial charge in [0.15, 0.2) is 0 Å². The van der Waals surface area contributed by atoms with Crippen molar-refractivity contribution < 1.29 is 5.11 Å². The quantitative estimate of drug-likeness (QED) is 0.778. The molecule has 0 saturated heterocycles. The lowest BCUT2D eigenvalue weighted by atomic mass is 10.1. The highest BCUT2D eigenvalue weighted by molar-refractivity contribution is 5.84. The van der Waals surface area contributed by atoms with Gasteiger partial charge in [-0.25, -0.2) is 0 Å². The molecule has 1 unspecified atom stereocenters. The minimum atomic E-state index is -0.582. The molecule has 2 aromatic rings. The fraction of sp³-hybridized carbons (Fsp3) is 0.333. The van der Waals surface area contributed by atoms with Crippen LogP contribution in [0.25, 0.3) is 10.9 Å². The van der Waals surface area contributed by atoms with E-state index in [9.17, 15) is 5.11 Å². The summed E-state index contributed by atoms with van der Waals surface area (Å²) < 4.78 is 2.00. The van der Waals surface area contributed by atoms with Crippen LogP contribution in [0.2, 0.25) is 0 Å². The Hall–Kier alpha value is -1.32. The second-order valence-corrected chi connectivity index (χ2v) is 3.89. The molecule has 1 atom stereocenters. The number of benzene rings is 1. The van der Waals surface area contributed by atoms with E-state index in [0.29, 0.717) is 0 Å². The summed E-state index contributed by atoms with van der Waals surface area (Å²) >= 11 is 0. The van der Waals surface area contributed by atoms with Crippen LogP contribution in [0.1, 0.15) is 17.4 Å². The van der Waals surface area contributed by atoms with Crippen molar-refractivity contribution in [1.29, 1.82) is 0 Å². The third kappa shape index (κ3) is 1.54. The van der Waals surface area contributed by atoms with Crippen molar-refractivity contribution in [2.45, 2.75) is 13.0 Å². The molecule has 0 amide bonds. The molecule has 3 N–H and O–H groups in total. The lowest BCUT2D eigenvalue weighted by molar-refractivity contribution is 0.179. The number of hydrogen-bond acceptors (Lipinski definition) is 2. The Morgan fingerprint density at radius 1 is 1.47 bits per heavy atom. The molecule has 0 radical (unpaired) electrons. The molecule has 3 nitrogen and oxygen atoms in total. The van der Waals surface area contributed by atoms with Crippen molar-refractivity contribution in [2.75, 3.05) is 6.54 Å². The monoisotopic (exact) mass is 204 g/mol. The van der Waals surface area contributed by atoms with Gasteiger partial charge in [0, 0.05) is 30.2 Å². The smallest absolute Gasteiger partial charge is 0.106 e. The van der Waals surface area contributed by atoms with Crippen LogP contribution in [0.4, 0.5) is 0 Å². The van der Waals surface area contributed by atoms with Crippen LogP contribution >= 0.6 is 0 Å². The average Bonchev–Trinajstić information content (AvgIpc) is 2.57. The molecule has 0 spiro atoms. The summed E-state index contributed by atoms with van der Waals surface area (Å²) in [6.45, 7) is 2.32. The number of nitrogens with two attached hydrogens (primary N) is 1. The molecule has 0 saturated carbocycles. The van der Waals surface area contributed by atoms with Gasteiger partial charge in [-0.1, -0.05) is 12.1 Å². The molecule has 0 aliphatic carbocycles. The van der Waals surface area contributed by atoms with Gasteiger partial charge in [-0.15, -0.1) is 0 Å². The predicted octanol–water partition coefficient (Wildman–Crippen LogP) is 1.48. The summed E-state index contributed by atoms with van der Waals surface area (Å²) in [5, 5.41) is 10.9. The number of fused-ring (bicyclic) bond motifs is 1. The van der Waals surface area contributed by atoms with E-state index in [0.717, 1.165) is 11.2 Å². The van der Waals surface area contributed by atoms with Gasteiger partial charge < -0.3 is 15.4 Å². The number of nitrogens with zero attached hydrogens (tertiary/aromatic N) is 1. The van der Waals surface area contributed by atoms with Crippen molar-refractivity contribution >= 4 is 10.9 Å². The van der Waals surface area contributed by atoms with Gasteiger partial charge in [0.05, 0.1) is 0 Å². The Kier molecular flexibility index (Phi) is 2.50. The number of hydrogen-bond donors (Lipinski definition) is 2. The minimum absolute atomic E-state index is 0.253. The van der Waals surface area contributed by atoms with Gasteiger partial charge in [-0.05, 0) is 24.6 Å². The Balaban J connectivity index is 2.69. The molecule has 15 heavy (non-hydrogen) atoms. The molecular formula is C12H16N2O. The summed E-state index contributed by atoms with van der Waals surface area (Å²) in [4.78, 5) is 0. The summed E-state index contributed by atoms with van der Waals surface area (Å²) in [6.07, 6.45) is -0.582. The maximum Gasteiger partial charge on any atom is 0.106 e. The van der Waals surface area contributed by atoms with Crippen LogP contribution in [-0.2, 0) is 7.05 Å². The lowest BCUT2D eigenvalue weighted by Gasteiger charge is -2.09. The van der Waals surface area contributed by atoms with Gasteiger partial charge in [0.1, 0.15) is 6.10 Å². The van der Waals surface area contributed by atoms with Crippen molar-refractivity contribution in [2.24, 2.45) is 12.8 Å². The van der Waals surface area contributed by atoms with Crippen LogP contribution in [-0.4, -0.2) is 16.2 Å². The van der Waals surface area contributed by atoms with Crippen molar-refractivity contribution in [3.8, 4) is 0 Å². The zero-order valence-electron chi connectivity index (χ0n) is 9.07. The van der Waals surface area contributed by atoms with E-state index in [2.05, 4.69) is 19.1 Å². The van der Waals surface area contributed by atoms with E-state index < -0.39 is 6.10 Å².